The first-order valence-corrected chi connectivity index (χ1v) is 10.6. The lowest BCUT2D eigenvalue weighted by Gasteiger charge is -2.39. The molecule has 1 N–H and O–H groups in total. The molecule has 6 nitrogen and oxygen atoms in total. The second-order valence-corrected chi connectivity index (χ2v) is 9.06. The number of benzene rings is 1. The molecule has 0 radical (unpaired) electrons. The molecule has 1 aliphatic rings. The normalized spacial score (nSPS) is 21.8. The maximum Gasteiger partial charge on any atom is 0.242 e. The fourth-order valence-electron chi connectivity index (χ4n) is 3.86. The molecule has 0 spiro atoms. The average molecular weight is 397 g/mol. The van der Waals surface area contributed by atoms with Gasteiger partial charge in [0.2, 0.25) is 10.0 Å². The summed E-state index contributed by atoms with van der Waals surface area (Å²) in [5.41, 5.74) is 1.75. The van der Waals surface area contributed by atoms with Crippen LogP contribution in [0.4, 0.5) is 0 Å². The zero-order chi connectivity index (χ0) is 18.9. The lowest BCUT2D eigenvalue weighted by molar-refractivity contribution is 0.116. The Labute approximate surface area is 160 Å². The molecule has 1 aromatic carbocycles. The minimum atomic E-state index is -3.66. The van der Waals surface area contributed by atoms with E-state index in [0.717, 1.165) is 25.1 Å². The Balaban J connectivity index is 1.82. The molecule has 0 unspecified atom stereocenters. The van der Waals surface area contributed by atoms with Crippen LogP contribution >= 0.6 is 11.6 Å². The van der Waals surface area contributed by atoms with Gasteiger partial charge in [-0.05, 0) is 57.0 Å². The number of aromatic nitrogens is 2. The third-order valence-electron chi connectivity index (χ3n) is 5.14. The zero-order valence-corrected chi connectivity index (χ0v) is 16.9. The summed E-state index contributed by atoms with van der Waals surface area (Å²) in [5, 5.41) is 4.53. The second-order valence-electron chi connectivity index (χ2n) is 6.95. The minimum Gasteiger partial charge on any atom is -0.298 e. The van der Waals surface area contributed by atoms with E-state index in [9.17, 15) is 8.42 Å². The Morgan fingerprint density at radius 2 is 2.08 bits per heavy atom. The van der Waals surface area contributed by atoms with Gasteiger partial charge in [-0.1, -0.05) is 23.7 Å². The van der Waals surface area contributed by atoms with Gasteiger partial charge in [0.05, 0.1) is 16.8 Å². The lowest BCUT2D eigenvalue weighted by Crippen LogP contribution is -2.42. The van der Waals surface area contributed by atoms with E-state index >= 15 is 0 Å². The maximum atomic E-state index is 12.8. The number of hydrogen-bond acceptors (Lipinski definition) is 4. The summed E-state index contributed by atoms with van der Waals surface area (Å²) < 4.78 is 30.3. The van der Waals surface area contributed by atoms with E-state index in [1.54, 1.807) is 31.3 Å². The predicted molar refractivity (Wildman–Crippen MR) is 103 cm³/mol. The number of rotatable bonds is 5. The van der Waals surface area contributed by atoms with Gasteiger partial charge >= 0.3 is 0 Å². The molecule has 1 saturated heterocycles. The highest BCUT2D eigenvalue weighted by atomic mass is 35.5. The van der Waals surface area contributed by atoms with Crippen LogP contribution in [0.15, 0.2) is 35.4 Å². The van der Waals surface area contributed by atoms with Crippen molar-refractivity contribution >= 4 is 21.6 Å². The van der Waals surface area contributed by atoms with Gasteiger partial charge in [0.1, 0.15) is 4.90 Å². The number of sulfonamides is 1. The van der Waals surface area contributed by atoms with Crippen LogP contribution in [-0.2, 0) is 17.1 Å². The third-order valence-corrected chi connectivity index (χ3v) is 7.19. The molecule has 26 heavy (non-hydrogen) atoms. The smallest absolute Gasteiger partial charge is 0.242 e. The number of nitrogens with one attached hydrogen (secondary N) is 1. The number of likely N-dealkylation sites (tertiary alicyclic amines) is 1. The van der Waals surface area contributed by atoms with Gasteiger partial charge < -0.3 is 0 Å². The van der Waals surface area contributed by atoms with Crippen LogP contribution in [0.1, 0.15) is 30.1 Å². The molecule has 3 rings (SSSR count). The van der Waals surface area contributed by atoms with Crippen LogP contribution in [0.3, 0.4) is 0 Å². The topological polar surface area (TPSA) is 67.2 Å². The van der Waals surface area contributed by atoms with Crippen molar-refractivity contribution in [3.05, 3.63) is 46.7 Å². The molecule has 8 heteroatoms. The van der Waals surface area contributed by atoms with Crippen molar-refractivity contribution in [2.24, 2.45) is 13.0 Å². The van der Waals surface area contributed by atoms with Gasteiger partial charge in [-0.25, -0.2) is 13.1 Å². The van der Waals surface area contributed by atoms with Crippen LogP contribution in [0.2, 0.25) is 5.02 Å². The molecular formula is C18H25ClN4O2S. The minimum absolute atomic E-state index is 0.131. The first-order valence-electron chi connectivity index (χ1n) is 8.74. The molecule has 0 amide bonds. The van der Waals surface area contributed by atoms with E-state index in [1.807, 2.05) is 17.8 Å². The largest absolute Gasteiger partial charge is 0.298 e. The summed E-state index contributed by atoms with van der Waals surface area (Å²) in [6, 6.07) is 7.26. The first-order chi connectivity index (χ1) is 12.3. The zero-order valence-electron chi connectivity index (χ0n) is 15.3. The van der Waals surface area contributed by atoms with E-state index in [-0.39, 0.29) is 21.9 Å². The summed E-state index contributed by atoms with van der Waals surface area (Å²) in [4.78, 5) is 2.45. The van der Waals surface area contributed by atoms with Crippen molar-refractivity contribution in [2.45, 2.75) is 30.7 Å². The molecule has 1 aromatic heterocycles. The van der Waals surface area contributed by atoms with E-state index in [1.165, 1.54) is 0 Å². The van der Waals surface area contributed by atoms with Crippen molar-refractivity contribution in [1.82, 2.24) is 19.4 Å². The van der Waals surface area contributed by atoms with E-state index < -0.39 is 10.0 Å². The van der Waals surface area contributed by atoms with Crippen LogP contribution in [0, 0.1) is 12.8 Å². The van der Waals surface area contributed by atoms with Gasteiger partial charge in [-0.3, -0.25) is 9.58 Å². The number of piperidine rings is 1. The highest BCUT2D eigenvalue weighted by Crippen LogP contribution is 2.35. The van der Waals surface area contributed by atoms with Crippen LogP contribution in [-0.4, -0.2) is 43.2 Å². The molecule has 2 aromatic rings. The van der Waals surface area contributed by atoms with Gasteiger partial charge in [0.25, 0.3) is 0 Å². The molecule has 2 atom stereocenters. The predicted octanol–water partition coefficient (Wildman–Crippen LogP) is 2.74. The van der Waals surface area contributed by atoms with Gasteiger partial charge in [0.15, 0.2) is 0 Å². The van der Waals surface area contributed by atoms with E-state index in [4.69, 9.17) is 11.6 Å². The van der Waals surface area contributed by atoms with Gasteiger partial charge in [-0.2, -0.15) is 5.10 Å². The second kappa shape index (κ2) is 7.68. The first kappa shape index (κ1) is 19.4. The van der Waals surface area contributed by atoms with Crippen molar-refractivity contribution < 1.29 is 8.42 Å². The van der Waals surface area contributed by atoms with Gasteiger partial charge in [0, 0.05) is 19.8 Å². The van der Waals surface area contributed by atoms with Crippen molar-refractivity contribution in [3.8, 4) is 0 Å². The summed E-state index contributed by atoms with van der Waals surface area (Å²) in [5.74, 6) is 0.168. The van der Waals surface area contributed by atoms with E-state index in [2.05, 4.69) is 21.8 Å². The fraction of sp³-hybridized carbons (Fsp3) is 0.500. The van der Waals surface area contributed by atoms with Crippen LogP contribution < -0.4 is 4.72 Å². The highest BCUT2D eigenvalue weighted by Gasteiger charge is 2.33. The standard InChI is InChI=1S/C18H25ClN4O2S/c1-13-6-4-8-15(19)18(13)26(24,25)21-12-14-7-5-11-22(2)17(14)16-9-10-20-23(16)3/h4,6,8-10,14,17,21H,5,7,11-12H2,1-3H3/t14-,17+/m0/s1. The molecule has 1 fully saturated rings. The summed E-state index contributed by atoms with van der Waals surface area (Å²) in [6.45, 7) is 3.11. The van der Waals surface area contributed by atoms with E-state index in [0.29, 0.717) is 12.1 Å². The third kappa shape index (κ3) is 3.81. The highest BCUT2D eigenvalue weighted by molar-refractivity contribution is 7.89. The molecule has 0 bridgehead atoms. The molecular weight excluding hydrogens is 372 g/mol. The Morgan fingerprint density at radius 3 is 2.73 bits per heavy atom. The Bertz CT molecular complexity index is 861. The van der Waals surface area contributed by atoms with Crippen molar-refractivity contribution in [2.75, 3.05) is 20.1 Å². The quantitative estimate of drug-likeness (QED) is 0.843. The number of halogens is 1. The Kier molecular flexibility index (Phi) is 5.72. The summed E-state index contributed by atoms with van der Waals surface area (Å²) >= 11 is 6.15. The molecule has 1 aliphatic heterocycles. The molecule has 0 aliphatic carbocycles. The lowest BCUT2D eigenvalue weighted by atomic mass is 9.87. The molecule has 142 valence electrons. The maximum absolute atomic E-state index is 12.8. The van der Waals surface area contributed by atoms with Crippen LogP contribution in [0.25, 0.3) is 0 Å². The number of hydrogen-bond donors (Lipinski definition) is 1. The Hall–Kier alpha value is -1.41. The summed E-state index contributed by atoms with van der Waals surface area (Å²) in [7, 11) is 0.339. The van der Waals surface area contributed by atoms with Crippen molar-refractivity contribution in [1.29, 1.82) is 0 Å². The SMILES string of the molecule is Cc1cccc(Cl)c1S(=O)(=O)NC[C@@H]1CCCN(C)[C@H]1c1ccnn1C. The van der Waals surface area contributed by atoms with Gasteiger partial charge in [-0.15, -0.1) is 0 Å². The Morgan fingerprint density at radius 1 is 1.31 bits per heavy atom. The molecule has 0 saturated carbocycles. The fourth-order valence-corrected chi connectivity index (χ4v) is 5.78. The molecule has 2 heterocycles. The van der Waals surface area contributed by atoms with Crippen molar-refractivity contribution in [3.63, 3.8) is 0 Å². The number of aryl methyl sites for hydroxylation is 2. The summed E-state index contributed by atoms with van der Waals surface area (Å²) in [6.07, 6.45) is 3.79. The monoisotopic (exact) mass is 396 g/mol. The average Bonchev–Trinajstić information content (AvgIpc) is 2.98. The van der Waals surface area contributed by atoms with Crippen LogP contribution in [0.5, 0.6) is 0 Å². The number of nitrogens with zero attached hydrogens (tertiary/aromatic N) is 3.